The average molecular weight is 315 g/mol. The smallest absolute Gasteiger partial charge is 0.152 e. The number of hydrogen-bond acceptors (Lipinski definition) is 1. The third kappa shape index (κ3) is 7.45. The number of carbonyl (C=O) groups is 1. The lowest BCUT2D eigenvalue weighted by Crippen LogP contribution is -2.19. The highest BCUT2D eigenvalue weighted by atomic mass is 16.1. The van der Waals surface area contributed by atoms with Crippen LogP contribution in [0.4, 0.5) is 0 Å². The van der Waals surface area contributed by atoms with Gasteiger partial charge in [-0.05, 0) is 69.6 Å². The molecule has 0 aliphatic heterocycles. The summed E-state index contributed by atoms with van der Waals surface area (Å²) in [5.74, 6) is 0.0877. The van der Waals surface area contributed by atoms with Gasteiger partial charge in [0.2, 0.25) is 0 Å². The Morgan fingerprint density at radius 1 is 1.09 bits per heavy atom. The van der Waals surface area contributed by atoms with E-state index < -0.39 is 0 Å². The van der Waals surface area contributed by atoms with Gasteiger partial charge in [-0.25, -0.2) is 0 Å². The standard InChI is InChI=1S/C21H30O.CH4/c1-16(9-7-10-17(2)15-19(4)22)12-13-20-18(3)11-8-14-21(20,5)6;/h7,9-10,12-13,15H,8,11,14H2,1-6H3;1H4/b10-7+,13-12+,16-9+,17-15-;. The molecule has 128 valence electrons. The molecule has 0 unspecified atom stereocenters. The van der Waals surface area contributed by atoms with Gasteiger partial charge in [0, 0.05) is 0 Å². The van der Waals surface area contributed by atoms with E-state index in [4.69, 9.17) is 0 Å². The maximum atomic E-state index is 11.0. The summed E-state index contributed by atoms with van der Waals surface area (Å²) in [5.41, 5.74) is 5.50. The second-order valence-electron chi connectivity index (χ2n) is 7.03. The maximum Gasteiger partial charge on any atom is 0.152 e. The molecule has 0 aromatic heterocycles. The second-order valence-corrected chi connectivity index (χ2v) is 7.03. The molecule has 0 N–H and O–H groups in total. The first-order valence-corrected chi connectivity index (χ1v) is 8.14. The minimum Gasteiger partial charge on any atom is -0.295 e. The molecule has 0 heterocycles. The van der Waals surface area contributed by atoms with Gasteiger partial charge >= 0.3 is 0 Å². The van der Waals surface area contributed by atoms with Crippen LogP contribution in [-0.4, -0.2) is 5.78 Å². The molecule has 0 atom stereocenters. The van der Waals surface area contributed by atoms with Crippen LogP contribution in [-0.2, 0) is 4.79 Å². The van der Waals surface area contributed by atoms with E-state index in [1.165, 1.54) is 36.0 Å². The van der Waals surface area contributed by atoms with Gasteiger partial charge in [-0.3, -0.25) is 4.79 Å². The van der Waals surface area contributed by atoms with Crippen molar-refractivity contribution in [1.82, 2.24) is 0 Å². The van der Waals surface area contributed by atoms with Gasteiger partial charge < -0.3 is 0 Å². The van der Waals surface area contributed by atoms with Crippen molar-refractivity contribution in [3.63, 3.8) is 0 Å². The van der Waals surface area contributed by atoms with Crippen molar-refractivity contribution >= 4 is 5.78 Å². The minimum atomic E-state index is 0. The Labute approximate surface area is 143 Å². The summed E-state index contributed by atoms with van der Waals surface area (Å²) in [6.07, 6.45) is 16.0. The molecule has 0 radical (unpaired) electrons. The zero-order valence-corrected chi connectivity index (χ0v) is 15.0. The van der Waals surface area contributed by atoms with Gasteiger partial charge in [-0.1, -0.05) is 62.8 Å². The van der Waals surface area contributed by atoms with E-state index >= 15 is 0 Å². The van der Waals surface area contributed by atoms with Crippen LogP contribution in [0.3, 0.4) is 0 Å². The first kappa shape index (κ1) is 21.4. The number of carbonyl (C=O) groups excluding carboxylic acids is 1. The van der Waals surface area contributed by atoms with Crippen molar-refractivity contribution in [2.45, 2.75) is 68.2 Å². The van der Waals surface area contributed by atoms with E-state index in [1.54, 1.807) is 13.0 Å². The SMILES string of the molecule is C.CC(=O)\C=C(C)/C=C/C=C(C)/C=C/C1=C(C)CCCC1(C)C. The normalized spacial score (nSPS) is 19.4. The summed E-state index contributed by atoms with van der Waals surface area (Å²) in [5, 5.41) is 0. The minimum absolute atomic E-state index is 0. The Hall–Kier alpha value is -1.63. The van der Waals surface area contributed by atoms with E-state index in [0.29, 0.717) is 0 Å². The molecule has 1 aliphatic carbocycles. The van der Waals surface area contributed by atoms with Crippen LogP contribution < -0.4 is 0 Å². The predicted octanol–water partition coefficient (Wildman–Crippen LogP) is 6.74. The molecule has 0 bridgehead atoms. The number of ketones is 1. The number of allylic oxidation sites excluding steroid dienone is 10. The second kappa shape index (κ2) is 9.50. The first-order valence-electron chi connectivity index (χ1n) is 8.14. The van der Waals surface area contributed by atoms with Crippen LogP contribution in [0, 0.1) is 5.41 Å². The Bertz CT molecular complexity index is 563. The molecule has 23 heavy (non-hydrogen) atoms. The molecular formula is C22H34O. The highest BCUT2D eigenvalue weighted by molar-refractivity contribution is 5.88. The lowest BCUT2D eigenvalue weighted by atomic mass is 9.72. The van der Waals surface area contributed by atoms with E-state index in [0.717, 1.165) is 5.57 Å². The van der Waals surface area contributed by atoms with Gasteiger partial charge in [0.1, 0.15) is 0 Å². The monoisotopic (exact) mass is 314 g/mol. The van der Waals surface area contributed by atoms with Crippen molar-refractivity contribution in [3.8, 4) is 0 Å². The van der Waals surface area contributed by atoms with Gasteiger partial charge in [0.25, 0.3) is 0 Å². The fourth-order valence-corrected chi connectivity index (χ4v) is 3.00. The third-order valence-electron chi connectivity index (χ3n) is 4.20. The molecule has 0 aromatic rings. The summed E-state index contributed by atoms with van der Waals surface area (Å²) in [7, 11) is 0. The van der Waals surface area contributed by atoms with Crippen molar-refractivity contribution in [1.29, 1.82) is 0 Å². The van der Waals surface area contributed by atoms with Crippen LogP contribution in [0.25, 0.3) is 0 Å². The van der Waals surface area contributed by atoms with Crippen molar-refractivity contribution in [2.75, 3.05) is 0 Å². The fraction of sp³-hybridized carbons (Fsp3) is 0.500. The highest BCUT2D eigenvalue weighted by Gasteiger charge is 2.26. The van der Waals surface area contributed by atoms with E-state index in [1.807, 2.05) is 19.1 Å². The van der Waals surface area contributed by atoms with Gasteiger partial charge in [0.05, 0.1) is 0 Å². The summed E-state index contributed by atoms with van der Waals surface area (Å²) < 4.78 is 0. The molecular weight excluding hydrogens is 280 g/mol. The summed E-state index contributed by atoms with van der Waals surface area (Å²) in [6, 6.07) is 0. The molecule has 1 heteroatoms. The summed E-state index contributed by atoms with van der Waals surface area (Å²) >= 11 is 0. The zero-order valence-electron chi connectivity index (χ0n) is 15.0. The third-order valence-corrected chi connectivity index (χ3v) is 4.20. The van der Waals surface area contributed by atoms with Crippen LogP contribution >= 0.6 is 0 Å². The molecule has 1 nitrogen and oxygen atoms in total. The van der Waals surface area contributed by atoms with Crippen molar-refractivity contribution < 1.29 is 4.79 Å². The summed E-state index contributed by atoms with van der Waals surface area (Å²) in [6.45, 7) is 12.6. The molecule has 0 spiro atoms. The Balaban J connectivity index is 0.00000484. The Morgan fingerprint density at radius 3 is 2.30 bits per heavy atom. The topological polar surface area (TPSA) is 17.1 Å². The van der Waals surface area contributed by atoms with Crippen LogP contribution in [0.2, 0.25) is 0 Å². The first-order chi connectivity index (χ1) is 10.2. The lowest BCUT2D eigenvalue weighted by molar-refractivity contribution is -0.112. The van der Waals surface area contributed by atoms with Crippen LogP contribution in [0.5, 0.6) is 0 Å². The fourth-order valence-electron chi connectivity index (χ4n) is 3.00. The van der Waals surface area contributed by atoms with Gasteiger partial charge in [0.15, 0.2) is 5.78 Å². The zero-order chi connectivity index (χ0) is 16.8. The lowest BCUT2D eigenvalue weighted by Gasteiger charge is -2.32. The number of rotatable bonds is 5. The van der Waals surface area contributed by atoms with E-state index in [-0.39, 0.29) is 18.6 Å². The number of hydrogen-bond donors (Lipinski definition) is 0. The molecule has 1 aliphatic rings. The molecule has 0 amide bonds. The summed E-state index contributed by atoms with van der Waals surface area (Å²) in [4.78, 5) is 11.0. The maximum absolute atomic E-state index is 11.0. The Morgan fingerprint density at radius 2 is 1.74 bits per heavy atom. The molecule has 0 saturated heterocycles. The highest BCUT2D eigenvalue weighted by Crippen LogP contribution is 2.40. The molecule has 0 fully saturated rings. The Kier molecular flexibility index (Phi) is 8.82. The van der Waals surface area contributed by atoms with Crippen LogP contribution in [0.1, 0.15) is 68.2 Å². The molecule has 0 aromatic carbocycles. The average Bonchev–Trinajstić information content (AvgIpc) is 2.36. The van der Waals surface area contributed by atoms with Gasteiger partial charge in [-0.15, -0.1) is 0 Å². The van der Waals surface area contributed by atoms with E-state index in [2.05, 4.69) is 45.9 Å². The van der Waals surface area contributed by atoms with E-state index in [9.17, 15) is 4.79 Å². The molecule has 1 rings (SSSR count). The predicted molar refractivity (Wildman–Crippen MR) is 104 cm³/mol. The van der Waals surface area contributed by atoms with Crippen molar-refractivity contribution in [3.05, 3.63) is 58.7 Å². The largest absolute Gasteiger partial charge is 0.295 e. The van der Waals surface area contributed by atoms with Crippen LogP contribution in [0.15, 0.2) is 58.7 Å². The van der Waals surface area contributed by atoms with Crippen molar-refractivity contribution in [2.24, 2.45) is 5.41 Å². The molecule has 0 saturated carbocycles. The van der Waals surface area contributed by atoms with Gasteiger partial charge in [-0.2, -0.15) is 0 Å². The quantitative estimate of drug-likeness (QED) is 0.405.